The Labute approximate surface area is 189 Å². The van der Waals surface area contributed by atoms with Crippen LogP contribution in [-0.4, -0.2) is 31.7 Å². The van der Waals surface area contributed by atoms with Gasteiger partial charge in [0.15, 0.2) is 0 Å². The van der Waals surface area contributed by atoms with Crippen molar-refractivity contribution in [2.24, 2.45) is 5.73 Å². The van der Waals surface area contributed by atoms with Crippen molar-refractivity contribution in [3.8, 4) is 10.4 Å². The molecule has 4 rings (SSSR count). The highest BCUT2D eigenvalue weighted by atomic mass is 32.1. The average molecular weight is 476 g/mol. The van der Waals surface area contributed by atoms with Crippen molar-refractivity contribution in [2.75, 3.05) is 6.54 Å². The summed E-state index contributed by atoms with van der Waals surface area (Å²) in [7, 11) is 0. The minimum absolute atomic E-state index is 0.0795. The van der Waals surface area contributed by atoms with Crippen molar-refractivity contribution in [1.29, 1.82) is 0 Å². The quantitative estimate of drug-likeness (QED) is 0.420. The van der Waals surface area contributed by atoms with Crippen molar-refractivity contribution < 1.29 is 13.6 Å². The van der Waals surface area contributed by atoms with Crippen LogP contribution >= 0.6 is 22.7 Å². The molecule has 0 fully saturated rings. The molecule has 0 aliphatic carbocycles. The SMILES string of the molecule is CC(=O)Cc1nc2ccc(-c3ccc(Cn4cnn(CC(CN)=C(F)F)c4=O)s3)cc2s1. The monoisotopic (exact) mass is 475 g/mol. The van der Waals surface area contributed by atoms with E-state index in [1.54, 1.807) is 6.92 Å². The van der Waals surface area contributed by atoms with E-state index < -0.39 is 11.8 Å². The Bertz CT molecular complexity index is 1380. The highest BCUT2D eigenvalue weighted by Crippen LogP contribution is 2.32. The molecule has 3 aromatic heterocycles. The van der Waals surface area contributed by atoms with E-state index in [0.717, 1.165) is 35.2 Å². The van der Waals surface area contributed by atoms with Crippen molar-refractivity contribution in [3.05, 3.63) is 68.7 Å². The number of rotatable bonds is 8. The molecule has 0 aliphatic rings. The third kappa shape index (κ3) is 4.74. The highest BCUT2D eigenvalue weighted by Gasteiger charge is 2.13. The number of carbonyl (C=O) groups is 1. The Hall–Kier alpha value is -3.02. The maximum atomic E-state index is 12.8. The Balaban J connectivity index is 1.53. The first-order valence-electron chi connectivity index (χ1n) is 9.67. The topological polar surface area (TPSA) is 95.8 Å². The highest BCUT2D eigenvalue weighted by molar-refractivity contribution is 7.18. The fourth-order valence-corrected chi connectivity index (χ4v) is 5.25. The maximum Gasteiger partial charge on any atom is 0.346 e. The minimum atomic E-state index is -1.89. The number of hydrogen-bond donors (Lipinski definition) is 1. The molecule has 3 heterocycles. The van der Waals surface area contributed by atoms with Crippen molar-refractivity contribution in [3.63, 3.8) is 0 Å². The van der Waals surface area contributed by atoms with E-state index >= 15 is 0 Å². The summed E-state index contributed by atoms with van der Waals surface area (Å²) >= 11 is 3.04. The summed E-state index contributed by atoms with van der Waals surface area (Å²) in [6.45, 7) is 1.17. The first-order chi connectivity index (χ1) is 15.3. The number of thiophene rings is 1. The number of halogens is 2. The van der Waals surface area contributed by atoms with Crippen LogP contribution in [0.15, 0.2) is 53.1 Å². The lowest BCUT2D eigenvalue weighted by atomic mass is 10.2. The molecule has 166 valence electrons. The van der Waals surface area contributed by atoms with Crippen molar-refractivity contribution in [1.82, 2.24) is 19.3 Å². The van der Waals surface area contributed by atoms with Crippen LogP contribution in [0.4, 0.5) is 8.78 Å². The summed E-state index contributed by atoms with van der Waals surface area (Å²) in [5, 5.41) is 4.72. The number of fused-ring (bicyclic) bond motifs is 1. The van der Waals surface area contributed by atoms with Gasteiger partial charge in [-0.05, 0) is 36.8 Å². The number of aromatic nitrogens is 4. The van der Waals surface area contributed by atoms with Gasteiger partial charge in [-0.1, -0.05) is 6.07 Å². The standard InChI is InChI=1S/C21H19F2N5O2S2/c1-12(29)6-19-26-16-4-2-13(7-18(16)32-19)17-5-3-15(31-17)10-27-11-25-28(21(27)30)9-14(8-24)20(22)23/h2-5,7,11H,6,8-10,24H2,1H3. The van der Waals surface area contributed by atoms with Gasteiger partial charge in [0.05, 0.1) is 29.7 Å². The van der Waals surface area contributed by atoms with Gasteiger partial charge in [-0.2, -0.15) is 13.9 Å². The number of Topliss-reactive ketones (excluding diaryl/α,β-unsaturated/α-hetero) is 1. The fourth-order valence-electron chi connectivity index (χ4n) is 3.17. The van der Waals surface area contributed by atoms with Gasteiger partial charge in [0.25, 0.3) is 6.08 Å². The maximum absolute atomic E-state index is 12.8. The number of carbonyl (C=O) groups excluding carboxylic acids is 1. The number of nitrogens with two attached hydrogens (primary N) is 1. The summed E-state index contributed by atoms with van der Waals surface area (Å²) in [5.41, 5.74) is 6.40. The third-order valence-corrected chi connectivity index (χ3v) is 6.89. The molecule has 0 saturated carbocycles. The van der Waals surface area contributed by atoms with E-state index in [9.17, 15) is 18.4 Å². The Morgan fingerprint density at radius 1 is 1.19 bits per heavy atom. The molecule has 0 saturated heterocycles. The second-order valence-electron chi connectivity index (χ2n) is 7.20. The summed E-state index contributed by atoms with van der Waals surface area (Å²) in [4.78, 5) is 30.3. The predicted molar refractivity (Wildman–Crippen MR) is 121 cm³/mol. The third-order valence-electron chi connectivity index (χ3n) is 4.76. The van der Waals surface area contributed by atoms with Crippen LogP contribution in [0.25, 0.3) is 20.7 Å². The van der Waals surface area contributed by atoms with Crippen molar-refractivity contribution >= 4 is 38.7 Å². The Morgan fingerprint density at radius 2 is 2.00 bits per heavy atom. The van der Waals surface area contributed by atoms with Crippen LogP contribution in [0.2, 0.25) is 0 Å². The lowest BCUT2D eigenvalue weighted by Crippen LogP contribution is -2.27. The summed E-state index contributed by atoms with van der Waals surface area (Å²) in [5.74, 6) is 0.0795. The molecule has 0 amide bonds. The number of thiazole rings is 1. The van der Waals surface area contributed by atoms with Gasteiger partial charge in [0, 0.05) is 21.9 Å². The normalized spacial score (nSPS) is 11.2. The van der Waals surface area contributed by atoms with Gasteiger partial charge in [-0.15, -0.1) is 22.7 Å². The van der Waals surface area contributed by atoms with Gasteiger partial charge in [-0.3, -0.25) is 9.36 Å². The molecule has 4 aromatic rings. The van der Waals surface area contributed by atoms with E-state index in [1.165, 1.54) is 33.6 Å². The molecule has 0 unspecified atom stereocenters. The molecule has 11 heteroatoms. The molecule has 0 spiro atoms. The Kier molecular flexibility index (Phi) is 6.40. The largest absolute Gasteiger partial charge is 0.346 e. The molecule has 2 N–H and O–H groups in total. The second kappa shape index (κ2) is 9.23. The molecule has 1 aromatic carbocycles. The van der Waals surface area contributed by atoms with Crippen LogP contribution in [0.3, 0.4) is 0 Å². The van der Waals surface area contributed by atoms with Crippen LogP contribution in [0.5, 0.6) is 0 Å². The lowest BCUT2D eigenvalue weighted by molar-refractivity contribution is -0.116. The molecule has 0 atom stereocenters. The van der Waals surface area contributed by atoms with E-state index in [2.05, 4.69) is 10.1 Å². The van der Waals surface area contributed by atoms with E-state index in [0.29, 0.717) is 6.42 Å². The zero-order chi connectivity index (χ0) is 22.8. The van der Waals surface area contributed by atoms with Crippen LogP contribution < -0.4 is 11.4 Å². The molecule has 0 radical (unpaired) electrons. The smallest absolute Gasteiger partial charge is 0.327 e. The number of nitrogens with zero attached hydrogens (tertiary/aromatic N) is 4. The van der Waals surface area contributed by atoms with Crippen LogP contribution in [0, 0.1) is 0 Å². The second-order valence-corrected chi connectivity index (χ2v) is 9.49. The summed E-state index contributed by atoms with van der Waals surface area (Å²) in [6.07, 6.45) is -0.213. The molecule has 0 aliphatic heterocycles. The molecular weight excluding hydrogens is 456 g/mol. The molecule has 0 bridgehead atoms. The number of hydrogen-bond acceptors (Lipinski definition) is 7. The van der Waals surface area contributed by atoms with E-state index in [4.69, 9.17) is 5.73 Å². The number of ketones is 1. The first kappa shape index (κ1) is 22.2. The first-order valence-corrected chi connectivity index (χ1v) is 11.3. The van der Waals surface area contributed by atoms with Crippen LogP contribution in [-0.2, 0) is 24.3 Å². The molecular formula is C21H19F2N5O2S2. The zero-order valence-corrected chi connectivity index (χ0v) is 18.7. The van der Waals surface area contributed by atoms with Crippen molar-refractivity contribution in [2.45, 2.75) is 26.4 Å². The molecule has 32 heavy (non-hydrogen) atoms. The average Bonchev–Trinajstić information content (AvgIpc) is 3.45. The van der Waals surface area contributed by atoms with E-state index in [-0.39, 0.29) is 31.0 Å². The summed E-state index contributed by atoms with van der Waals surface area (Å²) < 4.78 is 29.0. The zero-order valence-electron chi connectivity index (χ0n) is 17.0. The minimum Gasteiger partial charge on any atom is -0.327 e. The summed E-state index contributed by atoms with van der Waals surface area (Å²) in [6, 6.07) is 9.86. The van der Waals surface area contributed by atoms with E-state index in [1.807, 2.05) is 30.3 Å². The van der Waals surface area contributed by atoms with Gasteiger partial charge in [0.1, 0.15) is 17.1 Å². The van der Waals surface area contributed by atoms with Crippen LogP contribution in [0.1, 0.15) is 16.8 Å². The predicted octanol–water partition coefficient (Wildman–Crippen LogP) is 3.67. The van der Waals surface area contributed by atoms with Gasteiger partial charge >= 0.3 is 5.69 Å². The number of benzene rings is 1. The van der Waals surface area contributed by atoms with Gasteiger partial charge in [0.2, 0.25) is 0 Å². The van der Waals surface area contributed by atoms with Gasteiger partial charge in [-0.25, -0.2) is 14.5 Å². The van der Waals surface area contributed by atoms with Gasteiger partial charge < -0.3 is 5.73 Å². The lowest BCUT2D eigenvalue weighted by Gasteiger charge is -2.02. The molecule has 7 nitrogen and oxygen atoms in total. The Morgan fingerprint density at radius 3 is 2.72 bits per heavy atom. The fraction of sp³-hybridized carbons (Fsp3) is 0.238.